The molecule has 2 fully saturated rings. The highest BCUT2D eigenvalue weighted by Gasteiger charge is 2.55. The van der Waals surface area contributed by atoms with Crippen molar-refractivity contribution in [3.63, 3.8) is 0 Å². The Hall–Kier alpha value is -2.19. The second kappa shape index (κ2) is 8.28. The standard InChI is InChI=1S/C21H28N4O3S/c26-20(23-12-14-24-13-11-22-17-24)21-9-5-4-8-19(21)25(29(27,28)15-10-21)16-18-6-2-1-3-7-18/h1-3,6-7,11,13,17,19H,4-5,8-10,12,14-16H2,(H,23,26)/t19-,21-/m1/s1. The van der Waals surface area contributed by atoms with E-state index in [0.29, 0.717) is 26.1 Å². The first kappa shape index (κ1) is 20.1. The van der Waals surface area contributed by atoms with Crippen molar-refractivity contribution in [1.29, 1.82) is 0 Å². The van der Waals surface area contributed by atoms with Crippen molar-refractivity contribution in [3.8, 4) is 0 Å². The lowest BCUT2D eigenvalue weighted by molar-refractivity contribution is -0.137. The van der Waals surface area contributed by atoms with Crippen LogP contribution in [0.25, 0.3) is 0 Å². The molecular weight excluding hydrogens is 388 g/mol. The summed E-state index contributed by atoms with van der Waals surface area (Å²) in [5, 5.41) is 3.08. The first-order valence-electron chi connectivity index (χ1n) is 10.3. The van der Waals surface area contributed by atoms with E-state index in [-0.39, 0.29) is 17.7 Å². The number of carbonyl (C=O) groups excluding carboxylic acids is 1. The number of nitrogens with one attached hydrogen (secondary N) is 1. The molecule has 156 valence electrons. The number of hydrogen-bond acceptors (Lipinski definition) is 4. The van der Waals surface area contributed by atoms with E-state index >= 15 is 0 Å². The van der Waals surface area contributed by atoms with Gasteiger partial charge in [-0.1, -0.05) is 43.2 Å². The number of carbonyl (C=O) groups is 1. The van der Waals surface area contributed by atoms with Crippen molar-refractivity contribution in [1.82, 2.24) is 19.2 Å². The lowest BCUT2D eigenvalue weighted by Crippen LogP contribution is -2.62. The summed E-state index contributed by atoms with van der Waals surface area (Å²) < 4.78 is 29.5. The average molecular weight is 417 g/mol. The molecule has 1 aliphatic carbocycles. The molecule has 0 spiro atoms. The molecule has 1 aliphatic heterocycles. The largest absolute Gasteiger partial charge is 0.354 e. The average Bonchev–Trinajstić information content (AvgIpc) is 3.24. The second-order valence-corrected chi connectivity index (χ2v) is 10.1. The predicted octanol–water partition coefficient (Wildman–Crippen LogP) is 2.16. The quantitative estimate of drug-likeness (QED) is 0.782. The number of rotatable bonds is 6. The van der Waals surface area contributed by atoms with E-state index < -0.39 is 15.4 Å². The fourth-order valence-electron chi connectivity index (χ4n) is 4.80. The number of hydrogen-bond donors (Lipinski definition) is 1. The molecule has 0 bridgehead atoms. The molecule has 1 N–H and O–H groups in total. The smallest absolute Gasteiger partial charge is 0.227 e. The summed E-state index contributed by atoms with van der Waals surface area (Å²) in [4.78, 5) is 17.4. The third-order valence-electron chi connectivity index (χ3n) is 6.35. The molecule has 0 unspecified atom stereocenters. The maximum atomic E-state index is 13.3. The van der Waals surface area contributed by atoms with Crippen molar-refractivity contribution < 1.29 is 13.2 Å². The third kappa shape index (κ3) is 4.09. The SMILES string of the molecule is O=C(NCCn1ccnc1)[C@@]12CCCC[C@H]1N(Cc1ccccc1)S(=O)(=O)CC2. The minimum absolute atomic E-state index is 0.00437. The number of imidazole rings is 1. The molecule has 1 saturated carbocycles. The Balaban J connectivity index is 1.54. The molecule has 4 rings (SSSR count). The van der Waals surface area contributed by atoms with Gasteiger partial charge in [0.15, 0.2) is 0 Å². The van der Waals surface area contributed by atoms with Crippen molar-refractivity contribution in [2.75, 3.05) is 12.3 Å². The molecular formula is C21H28N4O3S. The van der Waals surface area contributed by atoms with Crippen LogP contribution in [0.4, 0.5) is 0 Å². The van der Waals surface area contributed by atoms with Gasteiger partial charge in [-0.25, -0.2) is 13.4 Å². The Kier molecular flexibility index (Phi) is 5.74. The Morgan fingerprint density at radius 1 is 1.21 bits per heavy atom. The van der Waals surface area contributed by atoms with Crippen LogP contribution in [-0.4, -0.2) is 46.5 Å². The van der Waals surface area contributed by atoms with Crippen LogP contribution in [0.3, 0.4) is 0 Å². The normalized spacial score (nSPS) is 26.6. The van der Waals surface area contributed by atoms with Gasteiger partial charge in [-0.3, -0.25) is 4.79 Å². The fourth-order valence-corrected chi connectivity index (χ4v) is 6.70. The number of benzene rings is 1. The van der Waals surface area contributed by atoms with Crippen LogP contribution in [0, 0.1) is 5.41 Å². The van der Waals surface area contributed by atoms with E-state index in [1.165, 1.54) is 0 Å². The van der Waals surface area contributed by atoms with Crippen molar-refractivity contribution >= 4 is 15.9 Å². The minimum Gasteiger partial charge on any atom is -0.354 e. The zero-order chi connectivity index (χ0) is 20.3. The van der Waals surface area contributed by atoms with Crippen LogP contribution in [0.15, 0.2) is 49.1 Å². The van der Waals surface area contributed by atoms with E-state index in [4.69, 9.17) is 0 Å². The van der Waals surface area contributed by atoms with E-state index in [0.717, 1.165) is 31.2 Å². The summed E-state index contributed by atoms with van der Waals surface area (Å²) in [6, 6.07) is 9.38. The van der Waals surface area contributed by atoms with Gasteiger partial charge in [0.2, 0.25) is 15.9 Å². The number of nitrogens with zero attached hydrogens (tertiary/aromatic N) is 3. The summed E-state index contributed by atoms with van der Waals surface area (Å²) >= 11 is 0. The first-order chi connectivity index (χ1) is 14.0. The summed E-state index contributed by atoms with van der Waals surface area (Å²) in [5.74, 6) is 0.0286. The number of amides is 1. The van der Waals surface area contributed by atoms with E-state index in [1.54, 1.807) is 16.8 Å². The molecule has 7 nitrogen and oxygen atoms in total. The highest BCUT2D eigenvalue weighted by molar-refractivity contribution is 7.89. The highest BCUT2D eigenvalue weighted by Crippen LogP contribution is 2.47. The zero-order valence-electron chi connectivity index (χ0n) is 16.5. The Morgan fingerprint density at radius 3 is 2.79 bits per heavy atom. The number of aromatic nitrogens is 2. The molecule has 2 atom stereocenters. The van der Waals surface area contributed by atoms with E-state index in [1.807, 2.05) is 41.1 Å². The fraction of sp³-hybridized carbons (Fsp3) is 0.524. The summed E-state index contributed by atoms with van der Waals surface area (Å²) in [7, 11) is -3.38. The lowest BCUT2D eigenvalue weighted by atomic mass is 9.67. The molecule has 1 aromatic heterocycles. The molecule has 2 aliphatic rings. The minimum atomic E-state index is -3.38. The van der Waals surface area contributed by atoms with Crippen LogP contribution in [0.1, 0.15) is 37.7 Å². The zero-order valence-corrected chi connectivity index (χ0v) is 17.4. The molecule has 2 aromatic rings. The van der Waals surface area contributed by atoms with E-state index in [2.05, 4.69) is 10.3 Å². The van der Waals surface area contributed by atoms with Gasteiger partial charge >= 0.3 is 0 Å². The molecule has 1 amide bonds. The van der Waals surface area contributed by atoms with Crippen LogP contribution < -0.4 is 5.32 Å². The molecule has 1 saturated heterocycles. The maximum absolute atomic E-state index is 13.3. The maximum Gasteiger partial charge on any atom is 0.227 e. The highest BCUT2D eigenvalue weighted by atomic mass is 32.2. The molecule has 1 aromatic carbocycles. The molecule has 2 heterocycles. The summed E-state index contributed by atoms with van der Waals surface area (Å²) in [6.45, 7) is 1.49. The van der Waals surface area contributed by atoms with Crippen LogP contribution in [0.2, 0.25) is 0 Å². The van der Waals surface area contributed by atoms with Gasteiger partial charge in [-0.05, 0) is 24.8 Å². The van der Waals surface area contributed by atoms with Gasteiger partial charge in [0, 0.05) is 38.1 Å². The van der Waals surface area contributed by atoms with Gasteiger partial charge in [-0.2, -0.15) is 4.31 Å². The number of fused-ring (bicyclic) bond motifs is 1. The van der Waals surface area contributed by atoms with Crippen molar-refractivity contribution in [2.45, 2.75) is 51.2 Å². The van der Waals surface area contributed by atoms with E-state index in [9.17, 15) is 13.2 Å². The monoisotopic (exact) mass is 416 g/mol. The summed E-state index contributed by atoms with van der Waals surface area (Å²) in [6.07, 6.45) is 9.11. The Bertz CT molecular complexity index is 930. The van der Waals surface area contributed by atoms with Crippen LogP contribution in [-0.2, 0) is 27.9 Å². The Morgan fingerprint density at radius 2 is 2.03 bits per heavy atom. The van der Waals surface area contributed by atoms with Gasteiger partial charge in [0.25, 0.3) is 0 Å². The topological polar surface area (TPSA) is 84.3 Å². The van der Waals surface area contributed by atoms with Gasteiger partial charge in [-0.15, -0.1) is 0 Å². The lowest BCUT2D eigenvalue weighted by Gasteiger charge is -2.50. The van der Waals surface area contributed by atoms with Crippen molar-refractivity contribution in [3.05, 3.63) is 54.6 Å². The van der Waals surface area contributed by atoms with Gasteiger partial charge in [0.1, 0.15) is 0 Å². The van der Waals surface area contributed by atoms with Gasteiger partial charge < -0.3 is 9.88 Å². The predicted molar refractivity (Wildman–Crippen MR) is 110 cm³/mol. The first-order valence-corrected chi connectivity index (χ1v) is 11.9. The van der Waals surface area contributed by atoms with Gasteiger partial charge in [0.05, 0.1) is 17.5 Å². The number of sulfonamides is 1. The Labute approximate surface area is 172 Å². The molecule has 0 radical (unpaired) electrons. The second-order valence-electron chi connectivity index (χ2n) is 8.07. The van der Waals surface area contributed by atoms with Crippen LogP contribution in [0.5, 0.6) is 0 Å². The van der Waals surface area contributed by atoms with Crippen LogP contribution >= 0.6 is 0 Å². The third-order valence-corrected chi connectivity index (χ3v) is 8.17. The molecule has 29 heavy (non-hydrogen) atoms. The van der Waals surface area contributed by atoms with Crippen molar-refractivity contribution in [2.24, 2.45) is 5.41 Å². The summed E-state index contributed by atoms with van der Waals surface area (Å²) in [5.41, 5.74) is 0.325. The molecule has 8 heteroatoms.